The van der Waals surface area contributed by atoms with Crippen LogP contribution in [0.4, 0.5) is 0 Å². The first-order chi connectivity index (χ1) is 7.27. The molecule has 0 saturated carbocycles. The van der Waals surface area contributed by atoms with Crippen molar-refractivity contribution in [3.63, 3.8) is 0 Å². The van der Waals surface area contributed by atoms with Gasteiger partial charge in [-0.15, -0.1) is 0 Å². The summed E-state index contributed by atoms with van der Waals surface area (Å²) < 4.78 is 0. The van der Waals surface area contributed by atoms with Crippen LogP contribution in [0, 0.1) is 0 Å². The Labute approximate surface area is 91.3 Å². The Hall–Kier alpha value is -0.865. The van der Waals surface area contributed by atoms with Crippen molar-refractivity contribution in [1.29, 1.82) is 0 Å². The minimum absolute atomic E-state index is 0.310. The van der Waals surface area contributed by atoms with Crippen LogP contribution in [-0.2, 0) is 0 Å². The third kappa shape index (κ3) is 2.58. The minimum Gasteiger partial charge on any atom is -0.437 e. The second kappa shape index (κ2) is 4.77. The number of pyridine rings is 1. The van der Waals surface area contributed by atoms with Gasteiger partial charge in [0.05, 0.1) is 0 Å². The van der Waals surface area contributed by atoms with Crippen molar-refractivity contribution in [2.24, 2.45) is 0 Å². The molecule has 0 aromatic carbocycles. The van der Waals surface area contributed by atoms with Crippen molar-refractivity contribution >= 4 is 7.05 Å². The summed E-state index contributed by atoms with van der Waals surface area (Å²) >= 11 is 0. The third-order valence-electron chi connectivity index (χ3n) is 3.16. The molecule has 0 amide bonds. The lowest BCUT2D eigenvalue weighted by Gasteiger charge is -2.32. The SMILES string of the molecule is CB(O)N1CCC(c2ccccn2)CC1. The summed E-state index contributed by atoms with van der Waals surface area (Å²) in [6.07, 6.45) is 4.06. The maximum absolute atomic E-state index is 9.44. The maximum Gasteiger partial charge on any atom is 0.376 e. The molecule has 2 heterocycles. The first-order valence-corrected chi connectivity index (χ1v) is 5.60. The average molecular weight is 204 g/mol. The van der Waals surface area contributed by atoms with Gasteiger partial charge in [-0.1, -0.05) is 6.07 Å². The van der Waals surface area contributed by atoms with Crippen LogP contribution in [0.3, 0.4) is 0 Å². The van der Waals surface area contributed by atoms with Gasteiger partial charge in [-0.25, -0.2) is 0 Å². The Morgan fingerprint density at radius 2 is 2.13 bits per heavy atom. The van der Waals surface area contributed by atoms with E-state index in [1.54, 1.807) is 0 Å². The normalized spacial score (nSPS) is 19.1. The van der Waals surface area contributed by atoms with Crippen molar-refractivity contribution in [2.75, 3.05) is 13.1 Å². The third-order valence-corrected chi connectivity index (χ3v) is 3.16. The van der Waals surface area contributed by atoms with E-state index in [0.29, 0.717) is 5.92 Å². The molecule has 1 N–H and O–H groups in total. The summed E-state index contributed by atoms with van der Waals surface area (Å²) in [6, 6.07) is 6.10. The number of nitrogens with zero attached hydrogens (tertiary/aromatic N) is 2. The summed E-state index contributed by atoms with van der Waals surface area (Å²) in [6.45, 7) is 3.78. The van der Waals surface area contributed by atoms with E-state index in [-0.39, 0.29) is 7.05 Å². The Balaban J connectivity index is 1.94. The van der Waals surface area contributed by atoms with Crippen LogP contribution in [-0.4, -0.2) is 35.0 Å². The van der Waals surface area contributed by atoms with Gasteiger partial charge in [0.25, 0.3) is 0 Å². The Morgan fingerprint density at radius 3 is 2.67 bits per heavy atom. The largest absolute Gasteiger partial charge is 0.437 e. The van der Waals surface area contributed by atoms with E-state index in [1.165, 1.54) is 5.69 Å². The molecule has 1 saturated heterocycles. The van der Waals surface area contributed by atoms with Gasteiger partial charge in [-0.2, -0.15) is 0 Å². The van der Waals surface area contributed by atoms with Crippen molar-refractivity contribution in [1.82, 2.24) is 9.79 Å². The summed E-state index contributed by atoms with van der Waals surface area (Å²) in [7, 11) is -0.310. The zero-order valence-electron chi connectivity index (χ0n) is 9.13. The van der Waals surface area contributed by atoms with E-state index >= 15 is 0 Å². The van der Waals surface area contributed by atoms with Crippen LogP contribution in [0.5, 0.6) is 0 Å². The molecule has 0 radical (unpaired) electrons. The second-order valence-electron chi connectivity index (χ2n) is 4.20. The quantitative estimate of drug-likeness (QED) is 0.739. The maximum atomic E-state index is 9.44. The Morgan fingerprint density at radius 1 is 1.40 bits per heavy atom. The Kier molecular flexibility index (Phi) is 3.39. The van der Waals surface area contributed by atoms with Crippen LogP contribution < -0.4 is 0 Å². The summed E-state index contributed by atoms with van der Waals surface area (Å²) in [5.41, 5.74) is 1.20. The molecule has 0 aliphatic carbocycles. The number of rotatable bonds is 2. The molecular weight excluding hydrogens is 187 g/mol. The van der Waals surface area contributed by atoms with E-state index in [9.17, 15) is 5.02 Å². The first-order valence-electron chi connectivity index (χ1n) is 5.60. The highest BCUT2D eigenvalue weighted by Crippen LogP contribution is 2.26. The first kappa shape index (κ1) is 10.6. The molecule has 4 heteroatoms. The standard InChI is InChI=1S/C11H17BN2O/c1-12(15)14-8-5-10(6-9-14)11-4-2-3-7-13-11/h2-4,7,10,15H,5-6,8-9H2,1H3. The smallest absolute Gasteiger partial charge is 0.376 e. The van der Waals surface area contributed by atoms with Crippen LogP contribution in [0.1, 0.15) is 24.5 Å². The number of hydrogen-bond acceptors (Lipinski definition) is 3. The molecule has 1 aromatic heterocycles. The van der Waals surface area contributed by atoms with E-state index in [2.05, 4.69) is 15.9 Å². The van der Waals surface area contributed by atoms with E-state index in [0.717, 1.165) is 25.9 Å². The van der Waals surface area contributed by atoms with Gasteiger partial charge in [0, 0.05) is 17.8 Å². The predicted molar refractivity (Wildman–Crippen MR) is 61.6 cm³/mol. The van der Waals surface area contributed by atoms with Crippen LogP contribution in [0.25, 0.3) is 0 Å². The molecule has 0 spiro atoms. The van der Waals surface area contributed by atoms with Gasteiger partial charge >= 0.3 is 7.05 Å². The zero-order valence-corrected chi connectivity index (χ0v) is 9.13. The molecule has 80 valence electrons. The average Bonchev–Trinajstić information content (AvgIpc) is 2.30. The van der Waals surface area contributed by atoms with Gasteiger partial charge < -0.3 is 9.83 Å². The fourth-order valence-corrected chi connectivity index (χ4v) is 2.19. The monoisotopic (exact) mass is 204 g/mol. The van der Waals surface area contributed by atoms with E-state index in [4.69, 9.17) is 0 Å². The lowest BCUT2D eigenvalue weighted by atomic mass is 9.80. The van der Waals surface area contributed by atoms with E-state index < -0.39 is 0 Å². The molecule has 0 atom stereocenters. The van der Waals surface area contributed by atoms with Crippen molar-refractivity contribution in [3.8, 4) is 0 Å². The fraction of sp³-hybridized carbons (Fsp3) is 0.545. The van der Waals surface area contributed by atoms with Crippen molar-refractivity contribution < 1.29 is 5.02 Å². The molecule has 1 fully saturated rings. The summed E-state index contributed by atoms with van der Waals surface area (Å²) in [5, 5.41) is 9.44. The van der Waals surface area contributed by atoms with Crippen molar-refractivity contribution in [3.05, 3.63) is 30.1 Å². The fourth-order valence-electron chi connectivity index (χ4n) is 2.19. The van der Waals surface area contributed by atoms with E-state index in [1.807, 2.05) is 25.2 Å². The molecule has 0 bridgehead atoms. The predicted octanol–water partition coefficient (Wildman–Crippen LogP) is 1.37. The number of hydrogen-bond donors (Lipinski definition) is 1. The minimum atomic E-state index is -0.310. The molecule has 1 aromatic rings. The molecule has 2 rings (SSSR count). The summed E-state index contributed by atoms with van der Waals surface area (Å²) in [4.78, 5) is 6.50. The van der Waals surface area contributed by atoms with Crippen LogP contribution >= 0.6 is 0 Å². The zero-order chi connectivity index (χ0) is 10.7. The van der Waals surface area contributed by atoms with Crippen LogP contribution in [0.15, 0.2) is 24.4 Å². The molecule has 3 nitrogen and oxygen atoms in total. The lowest BCUT2D eigenvalue weighted by molar-refractivity contribution is 0.287. The topological polar surface area (TPSA) is 36.4 Å². The van der Waals surface area contributed by atoms with Gasteiger partial charge in [-0.3, -0.25) is 4.98 Å². The number of piperidine rings is 1. The molecule has 0 unspecified atom stereocenters. The highest BCUT2D eigenvalue weighted by Gasteiger charge is 2.25. The van der Waals surface area contributed by atoms with Crippen LogP contribution in [0.2, 0.25) is 6.82 Å². The highest BCUT2D eigenvalue weighted by molar-refractivity contribution is 6.45. The molecule has 1 aliphatic heterocycles. The lowest BCUT2D eigenvalue weighted by Crippen LogP contribution is -2.42. The van der Waals surface area contributed by atoms with Gasteiger partial charge in [0.2, 0.25) is 0 Å². The molecular formula is C11H17BN2O. The Bertz CT molecular complexity index is 297. The van der Waals surface area contributed by atoms with Crippen molar-refractivity contribution in [2.45, 2.75) is 25.6 Å². The van der Waals surface area contributed by atoms with Gasteiger partial charge in [0.15, 0.2) is 0 Å². The number of aromatic nitrogens is 1. The highest BCUT2D eigenvalue weighted by atomic mass is 16.2. The van der Waals surface area contributed by atoms with Gasteiger partial charge in [0.1, 0.15) is 0 Å². The molecule has 15 heavy (non-hydrogen) atoms. The molecule has 1 aliphatic rings. The second-order valence-corrected chi connectivity index (χ2v) is 4.20. The summed E-state index contributed by atoms with van der Waals surface area (Å²) in [5.74, 6) is 0.571. The van der Waals surface area contributed by atoms with Gasteiger partial charge in [-0.05, 0) is 44.9 Å².